The number of benzene rings is 2. The molecule has 6 nitrogen and oxygen atoms in total. The third-order valence-electron chi connectivity index (χ3n) is 6.35. The molecule has 4 rings (SSSR count). The predicted octanol–water partition coefficient (Wildman–Crippen LogP) is 5.44. The van der Waals surface area contributed by atoms with Crippen LogP contribution in [-0.2, 0) is 4.79 Å². The Balaban J connectivity index is 1.81. The Hall–Kier alpha value is -3.41. The maximum Gasteiger partial charge on any atom is 0.264 e. The second-order valence-electron chi connectivity index (χ2n) is 8.87. The van der Waals surface area contributed by atoms with Gasteiger partial charge in [0.2, 0.25) is 5.91 Å². The summed E-state index contributed by atoms with van der Waals surface area (Å²) < 4.78 is 5.29. The number of nitrogens with one attached hydrogen (secondary N) is 1. The van der Waals surface area contributed by atoms with E-state index < -0.39 is 6.04 Å². The van der Waals surface area contributed by atoms with Crippen LogP contribution in [0, 0.1) is 20.8 Å². The highest BCUT2D eigenvalue weighted by Gasteiger charge is 2.36. The highest BCUT2D eigenvalue weighted by Crippen LogP contribution is 2.32. The standard InChI is InChI=1S/C27H31N3O3/c1-18-14-16-21(17-15-18)25(26(31)28-22-10-6-4-7-11-22)30(23-12-8-5-9-13-23)27(32)24-19(2)29-33-20(24)3/h5,8-9,12-17,22,25H,4,6-7,10-11H2,1-3H3,(H,28,31)/t25-/m0/s1. The lowest BCUT2D eigenvalue weighted by molar-refractivity contribution is -0.123. The molecule has 1 N–H and O–H groups in total. The Morgan fingerprint density at radius 1 is 0.970 bits per heavy atom. The van der Waals surface area contributed by atoms with Crippen LogP contribution in [0.15, 0.2) is 59.1 Å². The number of hydrogen-bond acceptors (Lipinski definition) is 4. The van der Waals surface area contributed by atoms with Gasteiger partial charge in [0.25, 0.3) is 5.91 Å². The molecule has 6 heteroatoms. The van der Waals surface area contributed by atoms with E-state index in [1.165, 1.54) is 6.42 Å². The van der Waals surface area contributed by atoms with Gasteiger partial charge in [-0.15, -0.1) is 0 Å². The van der Waals surface area contributed by atoms with Gasteiger partial charge in [0, 0.05) is 11.7 Å². The van der Waals surface area contributed by atoms with Gasteiger partial charge in [0.15, 0.2) is 0 Å². The van der Waals surface area contributed by atoms with Gasteiger partial charge in [-0.1, -0.05) is 72.4 Å². The number of amides is 2. The summed E-state index contributed by atoms with van der Waals surface area (Å²) in [6.45, 7) is 5.47. The first-order chi connectivity index (χ1) is 16.0. The molecule has 1 atom stereocenters. The molecule has 1 aliphatic carbocycles. The second-order valence-corrected chi connectivity index (χ2v) is 8.87. The number of para-hydroxylation sites is 1. The molecule has 0 aliphatic heterocycles. The largest absolute Gasteiger partial charge is 0.361 e. The zero-order chi connectivity index (χ0) is 23.4. The van der Waals surface area contributed by atoms with Crippen LogP contribution < -0.4 is 10.2 Å². The van der Waals surface area contributed by atoms with Gasteiger partial charge in [0.1, 0.15) is 17.4 Å². The molecule has 1 aromatic heterocycles. The zero-order valence-corrected chi connectivity index (χ0v) is 19.5. The Labute approximate surface area is 195 Å². The fourth-order valence-electron chi connectivity index (χ4n) is 4.57. The summed E-state index contributed by atoms with van der Waals surface area (Å²) in [6, 6.07) is 16.4. The normalized spacial score (nSPS) is 15.1. The smallest absolute Gasteiger partial charge is 0.264 e. The fraction of sp³-hybridized carbons (Fsp3) is 0.370. The first-order valence-corrected chi connectivity index (χ1v) is 11.6. The highest BCUT2D eigenvalue weighted by molar-refractivity contribution is 6.11. The van der Waals surface area contributed by atoms with Gasteiger partial charge >= 0.3 is 0 Å². The quantitative estimate of drug-likeness (QED) is 0.548. The maximum atomic E-state index is 14.0. The summed E-state index contributed by atoms with van der Waals surface area (Å²) in [6.07, 6.45) is 5.36. The summed E-state index contributed by atoms with van der Waals surface area (Å²) in [5.74, 6) is -0.0367. The minimum atomic E-state index is -0.823. The van der Waals surface area contributed by atoms with Crippen LogP contribution in [0.5, 0.6) is 0 Å². The average molecular weight is 446 g/mol. The van der Waals surface area contributed by atoms with E-state index in [0.29, 0.717) is 22.7 Å². The van der Waals surface area contributed by atoms with Gasteiger partial charge in [-0.2, -0.15) is 0 Å². The monoisotopic (exact) mass is 445 g/mol. The maximum absolute atomic E-state index is 14.0. The SMILES string of the molecule is Cc1ccc([C@@H](C(=O)NC2CCCCC2)N(C(=O)c2c(C)noc2C)c2ccccc2)cc1. The summed E-state index contributed by atoms with van der Waals surface area (Å²) in [5.41, 5.74) is 3.40. The minimum Gasteiger partial charge on any atom is -0.361 e. The van der Waals surface area contributed by atoms with Gasteiger partial charge in [0.05, 0.1) is 5.69 Å². The summed E-state index contributed by atoms with van der Waals surface area (Å²) in [4.78, 5) is 29.4. The molecule has 0 spiro atoms. The lowest BCUT2D eigenvalue weighted by Gasteiger charge is -2.33. The van der Waals surface area contributed by atoms with Crippen LogP contribution in [0.2, 0.25) is 0 Å². The second kappa shape index (κ2) is 10.0. The first kappa shape index (κ1) is 22.8. The summed E-state index contributed by atoms with van der Waals surface area (Å²) >= 11 is 0. The molecule has 2 amide bonds. The summed E-state index contributed by atoms with van der Waals surface area (Å²) in [7, 11) is 0. The number of nitrogens with zero attached hydrogens (tertiary/aromatic N) is 2. The van der Waals surface area contributed by atoms with Crippen molar-refractivity contribution in [3.63, 3.8) is 0 Å². The Morgan fingerprint density at radius 3 is 2.24 bits per heavy atom. The van der Waals surface area contributed by atoms with E-state index in [1.54, 1.807) is 18.7 Å². The number of aromatic nitrogens is 1. The van der Waals surface area contributed by atoms with Crippen LogP contribution in [0.3, 0.4) is 0 Å². The Bertz CT molecular complexity index is 1080. The van der Waals surface area contributed by atoms with E-state index in [-0.39, 0.29) is 17.9 Å². The van der Waals surface area contributed by atoms with Crippen LogP contribution in [0.4, 0.5) is 5.69 Å². The zero-order valence-electron chi connectivity index (χ0n) is 19.5. The van der Waals surface area contributed by atoms with Crippen molar-refractivity contribution in [1.82, 2.24) is 10.5 Å². The molecule has 1 aliphatic rings. The molecule has 0 saturated heterocycles. The molecule has 33 heavy (non-hydrogen) atoms. The van der Waals surface area contributed by atoms with Crippen molar-refractivity contribution in [1.29, 1.82) is 0 Å². The third kappa shape index (κ3) is 5.00. The summed E-state index contributed by atoms with van der Waals surface area (Å²) in [5, 5.41) is 7.21. The fourth-order valence-corrected chi connectivity index (χ4v) is 4.57. The molecular formula is C27H31N3O3. The topological polar surface area (TPSA) is 75.4 Å². The van der Waals surface area contributed by atoms with Crippen LogP contribution in [0.25, 0.3) is 0 Å². The molecular weight excluding hydrogens is 414 g/mol. The number of aryl methyl sites for hydroxylation is 3. The minimum absolute atomic E-state index is 0.131. The Morgan fingerprint density at radius 2 is 1.64 bits per heavy atom. The highest BCUT2D eigenvalue weighted by atomic mass is 16.5. The van der Waals surface area contributed by atoms with Crippen molar-refractivity contribution < 1.29 is 14.1 Å². The van der Waals surface area contributed by atoms with Gasteiger partial charge in [-0.3, -0.25) is 14.5 Å². The molecule has 0 radical (unpaired) electrons. The number of carbonyl (C=O) groups is 2. The molecule has 2 aromatic carbocycles. The molecule has 1 heterocycles. The molecule has 0 bridgehead atoms. The van der Waals surface area contributed by atoms with Crippen molar-refractivity contribution in [2.45, 2.75) is 65.0 Å². The van der Waals surface area contributed by atoms with E-state index in [9.17, 15) is 9.59 Å². The van der Waals surface area contributed by atoms with E-state index in [0.717, 1.165) is 36.8 Å². The first-order valence-electron chi connectivity index (χ1n) is 11.6. The molecule has 1 saturated carbocycles. The van der Waals surface area contributed by atoms with Gasteiger partial charge < -0.3 is 9.84 Å². The molecule has 3 aromatic rings. The van der Waals surface area contributed by atoms with Crippen molar-refractivity contribution in [2.75, 3.05) is 4.90 Å². The van der Waals surface area contributed by atoms with Crippen molar-refractivity contribution in [3.05, 3.63) is 82.7 Å². The van der Waals surface area contributed by atoms with Crippen LogP contribution in [0.1, 0.15) is 71.1 Å². The number of hydrogen-bond donors (Lipinski definition) is 1. The number of carbonyl (C=O) groups excluding carboxylic acids is 2. The lowest BCUT2D eigenvalue weighted by atomic mass is 9.94. The van der Waals surface area contributed by atoms with E-state index in [2.05, 4.69) is 10.5 Å². The van der Waals surface area contributed by atoms with Gasteiger partial charge in [-0.25, -0.2) is 0 Å². The van der Waals surface area contributed by atoms with E-state index in [4.69, 9.17) is 4.52 Å². The lowest BCUT2D eigenvalue weighted by Crippen LogP contribution is -2.47. The Kier molecular flexibility index (Phi) is 6.92. The number of rotatable bonds is 6. The van der Waals surface area contributed by atoms with E-state index >= 15 is 0 Å². The van der Waals surface area contributed by atoms with Crippen LogP contribution in [-0.4, -0.2) is 23.0 Å². The van der Waals surface area contributed by atoms with Crippen molar-refractivity contribution in [2.24, 2.45) is 0 Å². The molecule has 172 valence electrons. The van der Waals surface area contributed by atoms with Crippen LogP contribution >= 0.6 is 0 Å². The van der Waals surface area contributed by atoms with Crippen molar-refractivity contribution in [3.8, 4) is 0 Å². The predicted molar refractivity (Wildman–Crippen MR) is 128 cm³/mol. The molecule has 0 unspecified atom stereocenters. The van der Waals surface area contributed by atoms with Gasteiger partial charge in [-0.05, 0) is 51.3 Å². The third-order valence-corrected chi connectivity index (χ3v) is 6.35. The van der Waals surface area contributed by atoms with Crippen molar-refractivity contribution >= 4 is 17.5 Å². The van der Waals surface area contributed by atoms with E-state index in [1.807, 2.05) is 61.5 Å². The molecule has 1 fully saturated rings. The number of anilines is 1. The average Bonchev–Trinajstić information content (AvgIpc) is 3.16.